The minimum atomic E-state index is 0. The first-order chi connectivity index (χ1) is 11.1. The molecular formula is C16H26IN5OS. The molecule has 2 rings (SSSR count). The van der Waals surface area contributed by atoms with Crippen LogP contribution in [0.4, 0.5) is 0 Å². The van der Waals surface area contributed by atoms with Gasteiger partial charge in [-0.05, 0) is 39.8 Å². The zero-order valence-corrected chi connectivity index (χ0v) is 17.8. The van der Waals surface area contributed by atoms with Gasteiger partial charge in [-0.2, -0.15) is 4.98 Å². The Balaban J connectivity index is 0.00000288. The van der Waals surface area contributed by atoms with Gasteiger partial charge in [0.2, 0.25) is 5.89 Å². The molecular weight excluding hydrogens is 437 g/mol. The number of rotatable bonds is 7. The summed E-state index contributed by atoms with van der Waals surface area (Å²) in [7, 11) is 0. The lowest BCUT2D eigenvalue weighted by molar-refractivity contribution is 0.376. The molecule has 2 N–H and O–H groups in total. The summed E-state index contributed by atoms with van der Waals surface area (Å²) in [5, 5.41) is 10.5. The van der Waals surface area contributed by atoms with Crippen molar-refractivity contribution in [1.29, 1.82) is 0 Å². The minimum Gasteiger partial charge on any atom is -0.357 e. The van der Waals surface area contributed by atoms with Crippen molar-refractivity contribution in [3.63, 3.8) is 0 Å². The summed E-state index contributed by atoms with van der Waals surface area (Å²) in [6, 6.07) is 4.68. The number of aromatic nitrogens is 2. The second-order valence-corrected chi connectivity index (χ2v) is 6.88. The summed E-state index contributed by atoms with van der Waals surface area (Å²) < 4.78 is 5.10. The molecule has 0 spiro atoms. The first kappa shape index (κ1) is 20.9. The molecule has 0 fully saturated rings. The van der Waals surface area contributed by atoms with Crippen molar-refractivity contribution >= 4 is 41.3 Å². The standard InChI is InChI=1S/C16H25N5OS.HI/c1-5-17-16(18-9-8-15-20-13(4)21-22-15)19-11(2)10-14-7-6-12(3)23-14;/h6-7,11H,5,8-10H2,1-4H3,(H2,17,18,19);1H. The van der Waals surface area contributed by atoms with E-state index in [-0.39, 0.29) is 24.0 Å². The van der Waals surface area contributed by atoms with Crippen LogP contribution in [-0.2, 0) is 12.8 Å². The van der Waals surface area contributed by atoms with E-state index in [4.69, 9.17) is 4.52 Å². The van der Waals surface area contributed by atoms with Crippen molar-refractivity contribution < 1.29 is 4.52 Å². The van der Waals surface area contributed by atoms with E-state index >= 15 is 0 Å². The van der Waals surface area contributed by atoms with Gasteiger partial charge in [-0.15, -0.1) is 35.3 Å². The van der Waals surface area contributed by atoms with E-state index < -0.39 is 0 Å². The molecule has 1 unspecified atom stereocenters. The van der Waals surface area contributed by atoms with Crippen LogP contribution in [0.1, 0.15) is 35.3 Å². The molecule has 2 heterocycles. The molecule has 0 saturated heterocycles. The summed E-state index contributed by atoms with van der Waals surface area (Å²) in [6.45, 7) is 9.63. The SMILES string of the molecule is CCNC(=NCCc1nc(C)no1)NC(C)Cc1ccc(C)s1.I. The van der Waals surface area contributed by atoms with E-state index in [2.05, 4.69) is 58.7 Å². The molecule has 2 aromatic rings. The lowest BCUT2D eigenvalue weighted by Gasteiger charge is -2.17. The van der Waals surface area contributed by atoms with Crippen molar-refractivity contribution in [2.45, 2.75) is 46.6 Å². The number of hydrogen-bond donors (Lipinski definition) is 2. The molecule has 0 saturated carbocycles. The second-order valence-electron chi connectivity index (χ2n) is 5.51. The molecule has 0 aliphatic rings. The Morgan fingerprint density at radius 1 is 1.38 bits per heavy atom. The van der Waals surface area contributed by atoms with E-state index in [0.717, 1.165) is 18.9 Å². The Morgan fingerprint density at radius 2 is 2.17 bits per heavy atom. The number of guanidine groups is 1. The number of halogens is 1. The van der Waals surface area contributed by atoms with Gasteiger partial charge < -0.3 is 15.2 Å². The van der Waals surface area contributed by atoms with Gasteiger partial charge in [0, 0.05) is 35.2 Å². The van der Waals surface area contributed by atoms with Gasteiger partial charge in [0.25, 0.3) is 0 Å². The highest BCUT2D eigenvalue weighted by Gasteiger charge is 2.08. The maximum atomic E-state index is 5.10. The average Bonchev–Trinajstić information content (AvgIpc) is 3.08. The molecule has 0 aromatic carbocycles. The Bertz CT molecular complexity index is 640. The highest BCUT2D eigenvalue weighted by molar-refractivity contribution is 14.0. The van der Waals surface area contributed by atoms with Crippen LogP contribution in [0.25, 0.3) is 0 Å². The first-order valence-corrected chi connectivity index (χ1v) is 8.77. The van der Waals surface area contributed by atoms with Crippen molar-refractivity contribution in [2.75, 3.05) is 13.1 Å². The zero-order valence-electron chi connectivity index (χ0n) is 14.6. The van der Waals surface area contributed by atoms with Crippen LogP contribution in [0.2, 0.25) is 0 Å². The van der Waals surface area contributed by atoms with Crippen LogP contribution in [0.3, 0.4) is 0 Å². The molecule has 0 aliphatic heterocycles. The summed E-state index contributed by atoms with van der Waals surface area (Å²) in [6.07, 6.45) is 1.64. The van der Waals surface area contributed by atoms with Crippen LogP contribution >= 0.6 is 35.3 Å². The molecule has 1 atom stereocenters. The molecule has 134 valence electrons. The largest absolute Gasteiger partial charge is 0.357 e. The fourth-order valence-electron chi connectivity index (χ4n) is 2.21. The first-order valence-electron chi connectivity index (χ1n) is 7.96. The molecule has 6 nitrogen and oxygen atoms in total. The fraction of sp³-hybridized carbons (Fsp3) is 0.562. The smallest absolute Gasteiger partial charge is 0.228 e. The van der Waals surface area contributed by atoms with Gasteiger partial charge in [0.15, 0.2) is 11.8 Å². The van der Waals surface area contributed by atoms with Crippen LogP contribution in [-0.4, -0.2) is 35.2 Å². The van der Waals surface area contributed by atoms with Gasteiger partial charge in [-0.25, -0.2) is 0 Å². The van der Waals surface area contributed by atoms with Crippen molar-refractivity contribution in [2.24, 2.45) is 4.99 Å². The third kappa shape index (κ3) is 7.16. The fourth-order valence-corrected chi connectivity index (χ4v) is 3.23. The summed E-state index contributed by atoms with van der Waals surface area (Å²) in [5.41, 5.74) is 0. The number of hydrogen-bond acceptors (Lipinski definition) is 5. The van der Waals surface area contributed by atoms with Gasteiger partial charge in [-0.1, -0.05) is 5.16 Å². The molecule has 24 heavy (non-hydrogen) atoms. The highest BCUT2D eigenvalue weighted by Crippen LogP contribution is 2.16. The molecule has 0 aliphatic carbocycles. The highest BCUT2D eigenvalue weighted by atomic mass is 127. The van der Waals surface area contributed by atoms with Gasteiger partial charge >= 0.3 is 0 Å². The van der Waals surface area contributed by atoms with Crippen molar-refractivity contribution in [1.82, 2.24) is 20.8 Å². The Labute approximate surface area is 164 Å². The van der Waals surface area contributed by atoms with Gasteiger partial charge in [0.05, 0.1) is 6.54 Å². The van der Waals surface area contributed by atoms with Gasteiger partial charge in [0.1, 0.15) is 0 Å². The lowest BCUT2D eigenvalue weighted by atomic mass is 10.2. The minimum absolute atomic E-state index is 0. The number of nitrogens with one attached hydrogen (secondary N) is 2. The number of nitrogens with zero attached hydrogens (tertiary/aromatic N) is 3. The molecule has 0 radical (unpaired) electrons. The van der Waals surface area contributed by atoms with E-state index in [1.807, 2.05) is 18.3 Å². The van der Waals surface area contributed by atoms with Crippen LogP contribution < -0.4 is 10.6 Å². The molecule has 0 amide bonds. The van der Waals surface area contributed by atoms with Crippen LogP contribution in [0.15, 0.2) is 21.6 Å². The summed E-state index contributed by atoms with van der Waals surface area (Å²) in [5.74, 6) is 2.11. The Kier molecular flexibility index (Phi) is 9.27. The summed E-state index contributed by atoms with van der Waals surface area (Å²) >= 11 is 1.85. The van der Waals surface area contributed by atoms with E-state index in [1.54, 1.807) is 0 Å². The molecule has 0 bridgehead atoms. The predicted octanol–water partition coefficient (Wildman–Crippen LogP) is 3.09. The number of aryl methyl sites for hydroxylation is 2. The van der Waals surface area contributed by atoms with Crippen molar-refractivity contribution in [3.05, 3.63) is 33.6 Å². The van der Waals surface area contributed by atoms with Crippen LogP contribution in [0, 0.1) is 13.8 Å². The maximum Gasteiger partial charge on any atom is 0.228 e. The van der Waals surface area contributed by atoms with E-state index in [9.17, 15) is 0 Å². The topological polar surface area (TPSA) is 75.3 Å². The third-order valence-electron chi connectivity index (χ3n) is 3.20. The number of thiophene rings is 1. The predicted molar refractivity (Wildman–Crippen MR) is 109 cm³/mol. The maximum absolute atomic E-state index is 5.10. The average molecular weight is 463 g/mol. The monoisotopic (exact) mass is 463 g/mol. The van der Waals surface area contributed by atoms with Crippen LogP contribution in [0.5, 0.6) is 0 Å². The lowest BCUT2D eigenvalue weighted by Crippen LogP contribution is -2.43. The molecule has 8 heteroatoms. The normalized spacial score (nSPS) is 12.6. The summed E-state index contributed by atoms with van der Waals surface area (Å²) in [4.78, 5) is 11.5. The molecule has 2 aromatic heterocycles. The van der Waals surface area contributed by atoms with E-state index in [0.29, 0.717) is 30.7 Å². The quantitative estimate of drug-likeness (QED) is 0.375. The van der Waals surface area contributed by atoms with Crippen molar-refractivity contribution in [3.8, 4) is 0 Å². The van der Waals surface area contributed by atoms with Gasteiger partial charge in [-0.3, -0.25) is 4.99 Å². The Morgan fingerprint density at radius 3 is 2.75 bits per heavy atom. The Hall–Kier alpha value is -1.16. The van der Waals surface area contributed by atoms with E-state index in [1.165, 1.54) is 9.75 Å². The third-order valence-corrected chi connectivity index (χ3v) is 4.22. The number of aliphatic imine (C=N–C) groups is 1. The second kappa shape index (κ2) is 10.7. The zero-order chi connectivity index (χ0) is 16.7.